The summed E-state index contributed by atoms with van der Waals surface area (Å²) < 4.78 is 2.50. The van der Waals surface area contributed by atoms with Crippen LogP contribution in [0.2, 0.25) is 0 Å². The Morgan fingerprint density at radius 2 is 2.12 bits per heavy atom. The number of H-pyrrole nitrogens is 1. The highest BCUT2D eigenvalue weighted by atomic mass is 79.9. The largest absolute Gasteiger partial charge is 0.312 e. The van der Waals surface area contributed by atoms with Crippen molar-refractivity contribution in [1.82, 2.24) is 19.7 Å². The van der Waals surface area contributed by atoms with Crippen LogP contribution in [0.1, 0.15) is 38.1 Å². The topological polar surface area (TPSA) is 63.6 Å². The van der Waals surface area contributed by atoms with Crippen molar-refractivity contribution in [3.05, 3.63) is 21.3 Å². The first-order valence-corrected chi connectivity index (χ1v) is 6.68. The van der Waals surface area contributed by atoms with Gasteiger partial charge in [-0.3, -0.25) is 4.79 Å². The van der Waals surface area contributed by atoms with Crippen molar-refractivity contribution in [2.24, 2.45) is 0 Å². The predicted molar refractivity (Wildman–Crippen MR) is 68.0 cm³/mol. The van der Waals surface area contributed by atoms with Crippen LogP contribution in [0.3, 0.4) is 0 Å². The molecule has 0 aliphatic heterocycles. The van der Waals surface area contributed by atoms with Crippen molar-refractivity contribution in [2.45, 2.75) is 38.1 Å². The molecule has 2 aromatic rings. The molecule has 1 aliphatic rings. The lowest BCUT2D eigenvalue weighted by Crippen LogP contribution is -2.15. The zero-order chi connectivity index (χ0) is 11.8. The van der Waals surface area contributed by atoms with E-state index in [0.29, 0.717) is 21.7 Å². The van der Waals surface area contributed by atoms with E-state index in [4.69, 9.17) is 0 Å². The van der Waals surface area contributed by atoms with Crippen LogP contribution in [0.15, 0.2) is 15.7 Å². The van der Waals surface area contributed by atoms with Crippen molar-refractivity contribution < 1.29 is 0 Å². The molecule has 90 valence electrons. The molecule has 1 aliphatic carbocycles. The molecule has 5 nitrogen and oxygen atoms in total. The predicted octanol–water partition coefficient (Wildman–Crippen LogP) is 2.39. The number of aromatic amines is 1. The molecule has 0 spiro atoms. The maximum atomic E-state index is 11.7. The summed E-state index contributed by atoms with van der Waals surface area (Å²) in [4.78, 5) is 18.6. The summed E-state index contributed by atoms with van der Waals surface area (Å²) in [5.41, 5.74) is 0.552. The minimum atomic E-state index is -0.135. The zero-order valence-corrected chi connectivity index (χ0v) is 10.9. The highest BCUT2D eigenvalue weighted by molar-refractivity contribution is 9.10. The van der Waals surface area contributed by atoms with Crippen molar-refractivity contribution in [3.8, 4) is 0 Å². The van der Waals surface area contributed by atoms with Gasteiger partial charge in [-0.1, -0.05) is 19.3 Å². The molecule has 0 radical (unpaired) electrons. The van der Waals surface area contributed by atoms with Gasteiger partial charge in [-0.05, 0) is 28.8 Å². The average molecular weight is 297 g/mol. The maximum Gasteiger partial charge on any atom is 0.263 e. The van der Waals surface area contributed by atoms with Crippen LogP contribution in [0, 0.1) is 0 Å². The molecule has 0 aromatic carbocycles. The van der Waals surface area contributed by atoms with Crippen LogP contribution >= 0.6 is 15.9 Å². The van der Waals surface area contributed by atoms with Crippen molar-refractivity contribution in [3.63, 3.8) is 0 Å². The van der Waals surface area contributed by atoms with E-state index in [0.717, 1.165) is 12.8 Å². The summed E-state index contributed by atoms with van der Waals surface area (Å²) in [7, 11) is 0. The summed E-state index contributed by atoms with van der Waals surface area (Å²) in [5.74, 6) is 0. The molecule has 0 unspecified atom stereocenters. The van der Waals surface area contributed by atoms with Gasteiger partial charge in [0.2, 0.25) is 0 Å². The van der Waals surface area contributed by atoms with Crippen LogP contribution in [-0.4, -0.2) is 19.7 Å². The molecule has 1 fully saturated rings. The third-order valence-electron chi connectivity index (χ3n) is 3.37. The fourth-order valence-electron chi connectivity index (χ4n) is 2.52. The van der Waals surface area contributed by atoms with Gasteiger partial charge < -0.3 is 4.98 Å². The Morgan fingerprint density at radius 3 is 2.88 bits per heavy atom. The summed E-state index contributed by atoms with van der Waals surface area (Å²) in [6.45, 7) is 0. The van der Waals surface area contributed by atoms with Gasteiger partial charge in [-0.2, -0.15) is 5.10 Å². The zero-order valence-electron chi connectivity index (χ0n) is 9.32. The lowest BCUT2D eigenvalue weighted by Gasteiger charge is -2.22. The molecular weight excluding hydrogens is 284 g/mol. The van der Waals surface area contributed by atoms with E-state index in [2.05, 4.69) is 31.0 Å². The second kappa shape index (κ2) is 4.25. The molecule has 1 saturated carbocycles. The Kier molecular flexibility index (Phi) is 2.74. The first-order valence-electron chi connectivity index (χ1n) is 5.89. The molecular formula is C11H13BrN4O. The van der Waals surface area contributed by atoms with E-state index < -0.39 is 0 Å². The summed E-state index contributed by atoms with van der Waals surface area (Å²) in [6, 6.07) is 0.381. The van der Waals surface area contributed by atoms with Crippen LogP contribution in [0.5, 0.6) is 0 Å². The van der Waals surface area contributed by atoms with Gasteiger partial charge >= 0.3 is 0 Å². The molecule has 6 heteroatoms. The van der Waals surface area contributed by atoms with Crippen LogP contribution in [0.25, 0.3) is 11.0 Å². The van der Waals surface area contributed by atoms with Gasteiger partial charge in [0.15, 0.2) is 5.65 Å². The first kappa shape index (κ1) is 11.0. The number of fused-ring (bicyclic) bond motifs is 1. The Hall–Kier alpha value is -1.17. The van der Waals surface area contributed by atoms with Gasteiger partial charge in [-0.15, -0.1) is 0 Å². The fraction of sp³-hybridized carbons (Fsp3) is 0.545. The number of aromatic nitrogens is 4. The van der Waals surface area contributed by atoms with Gasteiger partial charge in [0.05, 0.1) is 12.4 Å². The first-order chi connectivity index (χ1) is 8.27. The summed E-state index contributed by atoms with van der Waals surface area (Å²) in [5, 5.41) is 4.98. The van der Waals surface area contributed by atoms with E-state index in [1.807, 2.05) is 4.68 Å². The summed E-state index contributed by atoms with van der Waals surface area (Å²) in [6.07, 6.45) is 7.44. The molecule has 0 bridgehead atoms. The van der Waals surface area contributed by atoms with Crippen LogP contribution < -0.4 is 5.56 Å². The fourth-order valence-corrected chi connectivity index (χ4v) is 3.05. The SMILES string of the molecule is O=c1[nH]cnc2c1c(Br)nn2C1CCCCC1. The highest BCUT2D eigenvalue weighted by Gasteiger charge is 2.21. The standard InChI is InChI=1S/C11H13BrN4O/c12-9-8-10(13-6-14-11(8)17)16(15-9)7-4-2-1-3-5-7/h6-7H,1-5H2,(H,13,14,17). The molecule has 0 amide bonds. The Morgan fingerprint density at radius 1 is 1.35 bits per heavy atom. The minimum absolute atomic E-state index is 0.135. The third kappa shape index (κ3) is 1.80. The van der Waals surface area contributed by atoms with Gasteiger partial charge in [0.1, 0.15) is 9.99 Å². The third-order valence-corrected chi connectivity index (χ3v) is 3.93. The summed E-state index contributed by atoms with van der Waals surface area (Å²) >= 11 is 3.34. The lowest BCUT2D eigenvalue weighted by atomic mass is 9.96. The molecule has 0 atom stereocenters. The van der Waals surface area contributed by atoms with E-state index >= 15 is 0 Å². The highest BCUT2D eigenvalue weighted by Crippen LogP contribution is 2.31. The van der Waals surface area contributed by atoms with E-state index in [9.17, 15) is 4.79 Å². The van der Waals surface area contributed by atoms with Crippen molar-refractivity contribution >= 4 is 27.0 Å². The molecule has 0 saturated heterocycles. The van der Waals surface area contributed by atoms with Gasteiger partial charge in [0.25, 0.3) is 5.56 Å². The van der Waals surface area contributed by atoms with E-state index in [1.54, 1.807) is 0 Å². The number of nitrogens with one attached hydrogen (secondary N) is 1. The van der Waals surface area contributed by atoms with Gasteiger partial charge in [-0.25, -0.2) is 9.67 Å². The normalized spacial score (nSPS) is 17.7. The molecule has 1 N–H and O–H groups in total. The number of hydrogen-bond donors (Lipinski definition) is 1. The number of rotatable bonds is 1. The van der Waals surface area contributed by atoms with Gasteiger partial charge in [0, 0.05) is 0 Å². The van der Waals surface area contributed by atoms with Crippen molar-refractivity contribution in [1.29, 1.82) is 0 Å². The van der Waals surface area contributed by atoms with Crippen LogP contribution in [0.4, 0.5) is 0 Å². The Balaban J connectivity index is 2.17. The van der Waals surface area contributed by atoms with Crippen LogP contribution in [-0.2, 0) is 0 Å². The molecule has 3 rings (SSSR count). The monoisotopic (exact) mass is 296 g/mol. The lowest BCUT2D eigenvalue weighted by molar-refractivity contribution is 0.335. The number of hydrogen-bond acceptors (Lipinski definition) is 3. The van der Waals surface area contributed by atoms with E-state index in [-0.39, 0.29) is 5.56 Å². The number of nitrogens with zero attached hydrogens (tertiary/aromatic N) is 3. The minimum Gasteiger partial charge on any atom is -0.312 e. The molecule has 2 aromatic heterocycles. The quantitative estimate of drug-likeness (QED) is 0.879. The molecule has 17 heavy (non-hydrogen) atoms. The second-order valence-corrected chi connectivity index (χ2v) is 5.21. The molecule has 2 heterocycles. The average Bonchev–Trinajstić information content (AvgIpc) is 2.69. The van der Waals surface area contributed by atoms with E-state index in [1.165, 1.54) is 25.6 Å². The van der Waals surface area contributed by atoms with Crippen molar-refractivity contribution in [2.75, 3.05) is 0 Å². The second-order valence-electron chi connectivity index (χ2n) is 4.46. The maximum absolute atomic E-state index is 11.7. The Bertz CT molecular complexity index is 597. The Labute approximate surface area is 106 Å². The number of halogens is 1. The smallest absolute Gasteiger partial charge is 0.263 e.